The SMILES string of the molecule is CCCOc1ccc(C=C(CSC(C)=O)C(=O)NCCC(=O)OCc2ccccc2)cc1. The van der Waals surface area contributed by atoms with Gasteiger partial charge in [0.1, 0.15) is 12.4 Å². The van der Waals surface area contributed by atoms with Crippen molar-refractivity contribution in [2.24, 2.45) is 0 Å². The molecule has 6 nitrogen and oxygen atoms in total. The second-order valence-electron chi connectivity index (χ2n) is 7.02. The number of carbonyl (C=O) groups excluding carboxylic acids is 3. The zero-order chi connectivity index (χ0) is 23.2. The highest BCUT2D eigenvalue weighted by Gasteiger charge is 2.12. The number of carbonyl (C=O) groups is 3. The summed E-state index contributed by atoms with van der Waals surface area (Å²) in [5.74, 6) is 0.303. The van der Waals surface area contributed by atoms with Gasteiger partial charge in [0.05, 0.1) is 13.0 Å². The highest BCUT2D eigenvalue weighted by molar-refractivity contribution is 8.13. The molecular formula is C25H29NO5S. The molecule has 7 heteroatoms. The van der Waals surface area contributed by atoms with Gasteiger partial charge < -0.3 is 14.8 Å². The summed E-state index contributed by atoms with van der Waals surface area (Å²) in [4.78, 5) is 36.0. The highest BCUT2D eigenvalue weighted by atomic mass is 32.2. The molecule has 0 bridgehead atoms. The summed E-state index contributed by atoms with van der Waals surface area (Å²) in [6, 6.07) is 16.8. The molecule has 0 aliphatic carbocycles. The van der Waals surface area contributed by atoms with E-state index >= 15 is 0 Å². The third-order valence-electron chi connectivity index (χ3n) is 4.27. The van der Waals surface area contributed by atoms with E-state index in [9.17, 15) is 14.4 Å². The van der Waals surface area contributed by atoms with Crippen LogP contribution in [0.4, 0.5) is 0 Å². The first-order valence-corrected chi connectivity index (χ1v) is 11.5. The molecule has 1 amide bonds. The Hall–Kier alpha value is -3.06. The Kier molecular flexibility index (Phi) is 11.1. The van der Waals surface area contributed by atoms with Crippen LogP contribution in [0.15, 0.2) is 60.2 Å². The fourth-order valence-corrected chi connectivity index (χ4v) is 3.21. The number of ether oxygens (including phenoxy) is 2. The molecule has 0 spiro atoms. The number of hydrogen-bond donors (Lipinski definition) is 1. The average Bonchev–Trinajstić information content (AvgIpc) is 2.80. The van der Waals surface area contributed by atoms with Gasteiger partial charge in [-0.05, 0) is 35.8 Å². The second kappa shape index (κ2) is 14.1. The van der Waals surface area contributed by atoms with Gasteiger partial charge in [0.25, 0.3) is 0 Å². The fourth-order valence-electron chi connectivity index (χ4n) is 2.64. The van der Waals surface area contributed by atoms with Crippen LogP contribution in [0.3, 0.4) is 0 Å². The van der Waals surface area contributed by atoms with Crippen LogP contribution in [0.25, 0.3) is 6.08 Å². The highest BCUT2D eigenvalue weighted by Crippen LogP contribution is 2.17. The summed E-state index contributed by atoms with van der Waals surface area (Å²) < 4.78 is 10.8. The third kappa shape index (κ3) is 9.83. The normalized spacial score (nSPS) is 11.0. The second-order valence-corrected chi connectivity index (χ2v) is 8.17. The molecule has 0 fully saturated rings. The van der Waals surface area contributed by atoms with Crippen molar-refractivity contribution in [2.45, 2.75) is 33.3 Å². The van der Waals surface area contributed by atoms with Gasteiger partial charge in [0.15, 0.2) is 5.12 Å². The molecule has 2 aromatic carbocycles. The molecule has 0 aliphatic rings. The number of thioether (sulfide) groups is 1. The maximum Gasteiger partial charge on any atom is 0.307 e. The molecule has 0 radical (unpaired) electrons. The Labute approximate surface area is 193 Å². The van der Waals surface area contributed by atoms with E-state index in [1.165, 1.54) is 6.92 Å². The summed E-state index contributed by atoms with van der Waals surface area (Å²) in [6.07, 6.45) is 2.73. The maximum absolute atomic E-state index is 12.6. The molecule has 0 heterocycles. The molecule has 0 unspecified atom stereocenters. The number of amides is 1. The Morgan fingerprint density at radius 1 is 1.03 bits per heavy atom. The third-order valence-corrected chi connectivity index (χ3v) is 5.14. The monoisotopic (exact) mass is 455 g/mol. The molecular weight excluding hydrogens is 426 g/mol. The first-order valence-electron chi connectivity index (χ1n) is 10.5. The Balaban J connectivity index is 1.89. The lowest BCUT2D eigenvalue weighted by Gasteiger charge is -2.10. The summed E-state index contributed by atoms with van der Waals surface area (Å²) in [5.41, 5.74) is 2.18. The summed E-state index contributed by atoms with van der Waals surface area (Å²) in [7, 11) is 0. The molecule has 2 rings (SSSR count). The van der Waals surface area contributed by atoms with Gasteiger partial charge in [-0.3, -0.25) is 14.4 Å². The molecule has 0 saturated heterocycles. The fraction of sp³-hybridized carbons (Fsp3) is 0.320. The van der Waals surface area contributed by atoms with Crippen LogP contribution >= 0.6 is 11.8 Å². The van der Waals surface area contributed by atoms with Gasteiger partial charge in [-0.15, -0.1) is 0 Å². The zero-order valence-corrected chi connectivity index (χ0v) is 19.3. The predicted molar refractivity (Wildman–Crippen MR) is 127 cm³/mol. The quantitative estimate of drug-likeness (QED) is 0.378. The first kappa shape index (κ1) is 25.2. The van der Waals surface area contributed by atoms with E-state index in [1.807, 2.05) is 61.5 Å². The minimum Gasteiger partial charge on any atom is -0.494 e. The summed E-state index contributed by atoms with van der Waals surface area (Å²) in [6.45, 7) is 4.50. The smallest absolute Gasteiger partial charge is 0.307 e. The van der Waals surface area contributed by atoms with Crippen molar-refractivity contribution < 1.29 is 23.9 Å². The van der Waals surface area contributed by atoms with E-state index < -0.39 is 0 Å². The number of esters is 1. The van der Waals surface area contributed by atoms with Crippen molar-refractivity contribution in [3.63, 3.8) is 0 Å². The Morgan fingerprint density at radius 3 is 2.41 bits per heavy atom. The number of hydrogen-bond acceptors (Lipinski definition) is 6. The number of nitrogens with one attached hydrogen (secondary N) is 1. The Bertz CT molecular complexity index is 910. The minimum atomic E-state index is -0.388. The molecule has 170 valence electrons. The standard InChI is InChI=1S/C25H29NO5S/c1-3-15-30-23-11-9-20(10-12-23)16-22(18-32-19(2)27)25(29)26-14-13-24(28)31-17-21-7-5-4-6-8-21/h4-12,16H,3,13-15,17-18H2,1-2H3,(H,26,29). The van der Waals surface area contributed by atoms with E-state index in [0.717, 1.165) is 35.1 Å². The van der Waals surface area contributed by atoms with Crippen molar-refractivity contribution >= 4 is 34.8 Å². The maximum atomic E-state index is 12.6. The average molecular weight is 456 g/mol. The molecule has 2 aromatic rings. The number of rotatable bonds is 12. The van der Waals surface area contributed by atoms with Gasteiger partial charge in [0, 0.05) is 24.8 Å². The van der Waals surface area contributed by atoms with Gasteiger partial charge in [-0.2, -0.15) is 0 Å². The van der Waals surface area contributed by atoms with Crippen molar-refractivity contribution in [1.82, 2.24) is 5.32 Å². The van der Waals surface area contributed by atoms with Crippen LogP contribution in [-0.2, 0) is 25.7 Å². The van der Waals surface area contributed by atoms with E-state index in [4.69, 9.17) is 9.47 Å². The lowest BCUT2D eigenvalue weighted by molar-refractivity contribution is -0.144. The van der Waals surface area contributed by atoms with Crippen LogP contribution < -0.4 is 10.1 Å². The lowest BCUT2D eigenvalue weighted by atomic mass is 10.1. The molecule has 0 aromatic heterocycles. The molecule has 0 atom stereocenters. The van der Waals surface area contributed by atoms with Crippen molar-refractivity contribution in [3.8, 4) is 5.75 Å². The van der Waals surface area contributed by atoms with E-state index in [2.05, 4.69) is 5.32 Å². The van der Waals surface area contributed by atoms with Crippen LogP contribution in [-0.4, -0.2) is 35.9 Å². The van der Waals surface area contributed by atoms with Gasteiger partial charge in [0.2, 0.25) is 5.91 Å². The molecule has 0 saturated carbocycles. The van der Waals surface area contributed by atoms with Crippen LogP contribution in [0.2, 0.25) is 0 Å². The van der Waals surface area contributed by atoms with Crippen molar-refractivity contribution in [2.75, 3.05) is 18.9 Å². The van der Waals surface area contributed by atoms with Gasteiger partial charge in [-0.25, -0.2) is 0 Å². The van der Waals surface area contributed by atoms with Crippen LogP contribution in [0, 0.1) is 0 Å². The Morgan fingerprint density at radius 2 is 1.75 bits per heavy atom. The summed E-state index contributed by atoms with van der Waals surface area (Å²) >= 11 is 1.06. The zero-order valence-electron chi connectivity index (χ0n) is 18.5. The van der Waals surface area contributed by atoms with Crippen LogP contribution in [0.1, 0.15) is 37.8 Å². The largest absolute Gasteiger partial charge is 0.494 e. The minimum absolute atomic E-state index is 0.0647. The van der Waals surface area contributed by atoms with Crippen molar-refractivity contribution in [1.29, 1.82) is 0 Å². The van der Waals surface area contributed by atoms with E-state index in [0.29, 0.717) is 12.2 Å². The molecule has 1 N–H and O–H groups in total. The van der Waals surface area contributed by atoms with Gasteiger partial charge >= 0.3 is 5.97 Å². The van der Waals surface area contributed by atoms with E-state index in [1.54, 1.807) is 6.08 Å². The predicted octanol–water partition coefficient (Wildman–Crippen LogP) is 4.39. The topological polar surface area (TPSA) is 81.7 Å². The number of benzene rings is 2. The van der Waals surface area contributed by atoms with E-state index in [-0.39, 0.29) is 42.3 Å². The summed E-state index contributed by atoms with van der Waals surface area (Å²) in [5, 5.41) is 2.67. The van der Waals surface area contributed by atoms with Crippen LogP contribution in [0.5, 0.6) is 5.75 Å². The molecule has 32 heavy (non-hydrogen) atoms. The molecule has 0 aliphatic heterocycles. The van der Waals surface area contributed by atoms with Gasteiger partial charge in [-0.1, -0.05) is 61.2 Å². The first-order chi connectivity index (χ1) is 15.5. The van der Waals surface area contributed by atoms with Crippen molar-refractivity contribution in [3.05, 3.63) is 71.3 Å². The lowest BCUT2D eigenvalue weighted by Crippen LogP contribution is -2.28.